The summed E-state index contributed by atoms with van der Waals surface area (Å²) in [5.74, 6) is -1.12. The molecule has 7 heteroatoms. The maximum absolute atomic E-state index is 12.2. The lowest BCUT2D eigenvalue weighted by Gasteiger charge is -2.11. The fraction of sp³-hybridized carbons (Fsp3) is 0.353. The monoisotopic (exact) mass is 331 g/mol. The molecular formula is C17H21N3O4. The maximum atomic E-state index is 12.2. The molecule has 0 saturated heterocycles. The minimum absolute atomic E-state index is 0.221. The van der Waals surface area contributed by atoms with Gasteiger partial charge in [-0.2, -0.15) is 0 Å². The van der Waals surface area contributed by atoms with Crippen molar-refractivity contribution in [1.82, 2.24) is 5.32 Å². The maximum Gasteiger partial charge on any atom is 0.336 e. The second-order valence-corrected chi connectivity index (χ2v) is 5.67. The number of imide groups is 1. The Morgan fingerprint density at radius 3 is 2.71 bits per heavy atom. The van der Waals surface area contributed by atoms with Crippen LogP contribution in [0.4, 0.5) is 0 Å². The molecule has 1 aromatic carbocycles. The van der Waals surface area contributed by atoms with Crippen LogP contribution in [0.2, 0.25) is 0 Å². The highest BCUT2D eigenvalue weighted by Gasteiger charge is 2.17. The van der Waals surface area contributed by atoms with Crippen LogP contribution in [0.1, 0.15) is 35.2 Å². The van der Waals surface area contributed by atoms with Gasteiger partial charge < -0.3 is 15.9 Å². The molecule has 1 heterocycles. The highest BCUT2D eigenvalue weighted by Crippen LogP contribution is 2.18. The summed E-state index contributed by atoms with van der Waals surface area (Å²) >= 11 is 0. The van der Waals surface area contributed by atoms with Crippen molar-refractivity contribution in [3.8, 4) is 0 Å². The molecule has 0 aliphatic carbocycles. The van der Waals surface area contributed by atoms with E-state index in [4.69, 9.17) is 15.9 Å². The number of hydrogen-bond acceptors (Lipinski definition) is 6. The zero-order valence-corrected chi connectivity index (χ0v) is 13.5. The molecule has 1 atom stereocenters. The van der Waals surface area contributed by atoms with Crippen LogP contribution < -0.4 is 22.4 Å². The Hall–Kier alpha value is -2.51. The summed E-state index contributed by atoms with van der Waals surface area (Å²) in [5, 5.41) is 3.00. The molecule has 128 valence electrons. The minimum Gasteiger partial charge on any atom is -0.423 e. The van der Waals surface area contributed by atoms with Gasteiger partial charge in [0.15, 0.2) is 0 Å². The van der Waals surface area contributed by atoms with Crippen LogP contribution >= 0.6 is 0 Å². The first-order valence-electron chi connectivity index (χ1n) is 7.77. The molecule has 2 rings (SSSR count). The van der Waals surface area contributed by atoms with Gasteiger partial charge in [0.05, 0.1) is 6.04 Å². The third-order valence-electron chi connectivity index (χ3n) is 3.76. The molecule has 0 fully saturated rings. The molecule has 0 bridgehead atoms. The molecule has 0 radical (unpaired) electrons. The summed E-state index contributed by atoms with van der Waals surface area (Å²) in [7, 11) is 0. The van der Waals surface area contributed by atoms with Crippen molar-refractivity contribution in [3.63, 3.8) is 0 Å². The number of benzene rings is 1. The van der Waals surface area contributed by atoms with Crippen LogP contribution in [0, 0.1) is 6.92 Å². The minimum atomic E-state index is -0.763. The Bertz CT molecular complexity index is 813. The molecule has 2 aromatic rings. The number of hydrogen-bond donors (Lipinski definition) is 3. The van der Waals surface area contributed by atoms with Crippen LogP contribution in [0.5, 0.6) is 0 Å². The van der Waals surface area contributed by atoms with E-state index in [1.807, 2.05) is 0 Å². The lowest BCUT2D eigenvalue weighted by atomic mass is 10.1. The molecule has 0 unspecified atom stereocenters. The van der Waals surface area contributed by atoms with Gasteiger partial charge in [-0.15, -0.1) is 0 Å². The summed E-state index contributed by atoms with van der Waals surface area (Å²) in [6.07, 6.45) is 1.96. The molecule has 7 nitrogen and oxygen atoms in total. The first-order valence-corrected chi connectivity index (χ1v) is 7.77. The summed E-state index contributed by atoms with van der Waals surface area (Å²) in [5.41, 5.74) is 11.9. The van der Waals surface area contributed by atoms with Crippen molar-refractivity contribution in [2.24, 2.45) is 11.5 Å². The van der Waals surface area contributed by atoms with Crippen LogP contribution in [0.3, 0.4) is 0 Å². The summed E-state index contributed by atoms with van der Waals surface area (Å²) in [6, 6.07) is 5.30. The Morgan fingerprint density at radius 2 is 2.00 bits per heavy atom. The number of aryl methyl sites for hydroxylation is 1. The van der Waals surface area contributed by atoms with Gasteiger partial charge in [0.25, 0.3) is 5.91 Å². The van der Waals surface area contributed by atoms with E-state index in [-0.39, 0.29) is 5.56 Å². The fourth-order valence-corrected chi connectivity index (χ4v) is 2.38. The topological polar surface area (TPSA) is 128 Å². The average molecular weight is 331 g/mol. The molecule has 5 N–H and O–H groups in total. The third-order valence-corrected chi connectivity index (χ3v) is 3.76. The van der Waals surface area contributed by atoms with Crippen molar-refractivity contribution in [1.29, 1.82) is 0 Å². The zero-order valence-electron chi connectivity index (χ0n) is 13.5. The summed E-state index contributed by atoms with van der Waals surface area (Å²) in [4.78, 5) is 35.5. The number of carbonyl (C=O) groups is 2. The predicted octanol–water partition coefficient (Wildman–Crippen LogP) is 0.814. The molecule has 0 aliphatic heterocycles. The third kappa shape index (κ3) is 4.27. The van der Waals surface area contributed by atoms with Gasteiger partial charge in [0, 0.05) is 17.0 Å². The van der Waals surface area contributed by atoms with Gasteiger partial charge in [-0.3, -0.25) is 14.9 Å². The fourth-order valence-electron chi connectivity index (χ4n) is 2.38. The number of rotatable bonds is 6. The van der Waals surface area contributed by atoms with Gasteiger partial charge >= 0.3 is 5.63 Å². The van der Waals surface area contributed by atoms with Crippen molar-refractivity contribution in [2.45, 2.75) is 32.2 Å². The lowest BCUT2D eigenvalue weighted by Crippen LogP contribution is -2.43. The number of unbranched alkanes of at least 4 members (excludes halogenated alkanes) is 1. The Morgan fingerprint density at radius 1 is 1.25 bits per heavy atom. The first kappa shape index (κ1) is 17.8. The highest BCUT2D eigenvalue weighted by molar-refractivity contribution is 6.07. The van der Waals surface area contributed by atoms with E-state index in [0.29, 0.717) is 18.5 Å². The quantitative estimate of drug-likeness (QED) is 0.531. The molecule has 2 amide bonds. The first-order chi connectivity index (χ1) is 11.4. The molecule has 24 heavy (non-hydrogen) atoms. The van der Waals surface area contributed by atoms with E-state index < -0.39 is 23.5 Å². The number of nitrogens with two attached hydrogens (primary N) is 2. The van der Waals surface area contributed by atoms with E-state index in [1.165, 1.54) is 12.1 Å². The Balaban J connectivity index is 2.11. The standard InChI is InChI=1S/C17H21N3O4/c1-10-8-15(21)24-14-9-11(5-6-12(10)14)16(22)20-17(23)13(19)4-2-3-7-18/h5-6,8-9,13H,2-4,7,18-19H2,1H3,(H,20,22,23)/t13-/m0/s1. The van der Waals surface area contributed by atoms with E-state index in [9.17, 15) is 14.4 Å². The van der Waals surface area contributed by atoms with Crippen LogP contribution in [-0.2, 0) is 4.79 Å². The van der Waals surface area contributed by atoms with Crippen molar-refractivity contribution in [2.75, 3.05) is 6.54 Å². The van der Waals surface area contributed by atoms with Crippen molar-refractivity contribution in [3.05, 3.63) is 45.8 Å². The van der Waals surface area contributed by atoms with Gasteiger partial charge in [-0.05, 0) is 44.0 Å². The van der Waals surface area contributed by atoms with Gasteiger partial charge in [0.2, 0.25) is 5.91 Å². The largest absolute Gasteiger partial charge is 0.423 e. The molecular weight excluding hydrogens is 310 g/mol. The lowest BCUT2D eigenvalue weighted by molar-refractivity contribution is -0.121. The van der Waals surface area contributed by atoms with E-state index >= 15 is 0 Å². The van der Waals surface area contributed by atoms with E-state index in [1.54, 1.807) is 19.1 Å². The van der Waals surface area contributed by atoms with Gasteiger partial charge in [-0.25, -0.2) is 4.79 Å². The van der Waals surface area contributed by atoms with E-state index in [0.717, 1.165) is 23.8 Å². The summed E-state index contributed by atoms with van der Waals surface area (Å²) < 4.78 is 5.09. The number of amides is 2. The van der Waals surface area contributed by atoms with Crippen molar-refractivity contribution >= 4 is 22.8 Å². The van der Waals surface area contributed by atoms with Crippen LogP contribution in [0.25, 0.3) is 11.0 Å². The number of fused-ring (bicyclic) bond motifs is 1. The molecule has 0 spiro atoms. The molecule has 0 aliphatic rings. The number of carbonyl (C=O) groups excluding carboxylic acids is 2. The Kier molecular flexibility index (Phi) is 5.83. The molecule has 0 saturated carbocycles. The van der Waals surface area contributed by atoms with E-state index in [2.05, 4.69) is 5.32 Å². The second kappa shape index (κ2) is 7.85. The number of nitrogens with one attached hydrogen (secondary N) is 1. The zero-order chi connectivity index (χ0) is 17.7. The van der Waals surface area contributed by atoms with Gasteiger partial charge in [-0.1, -0.05) is 12.5 Å². The smallest absolute Gasteiger partial charge is 0.336 e. The Labute approximate surface area is 139 Å². The molecule has 1 aromatic heterocycles. The van der Waals surface area contributed by atoms with Gasteiger partial charge in [0.1, 0.15) is 5.58 Å². The summed E-state index contributed by atoms with van der Waals surface area (Å²) in [6.45, 7) is 2.32. The normalized spacial score (nSPS) is 12.1. The second-order valence-electron chi connectivity index (χ2n) is 5.67. The van der Waals surface area contributed by atoms with Crippen LogP contribution in [0.15, 0.2) is 33.5 Å². The predicted molar refractivity (Wildman–Crippen MR) is 90.6 cm³/mol. The average Bonchev–Trinajstić information content (AvgIpc) is 2.54. The highest BCUT2D eigenvalue weighted by atomic mass is 16.4. The SMILES string of the molecule is Cc1cc(=O)oc2cc(C(=O)NC(=O)[C@@H](N)CCCCN)ccc12. The van der Waals surface area contributed by atoms with Crippen molar-refractivity contribution < 1.29 is 14.0 Å². The van der Waals surface area contributed by atoms with Crippen LogP contribution in [-0.4, -0.2) is 24.4 Å².